The zero-order chi connectivity index (χ0) is 5.82. The van der Waals surface area contributed by atoms with Crippen molar-refractivity contribution < 1.29 is 0 Å². The van der Waals surface area contributed by atoms with Crippen molar-refractivity contribution in [2.24, 2.45) is 5.92 Å². The summed E-state index contributed by atoms with van der Waals surface area (Å²) in [5.41, 5.74) is 0. The summed E-state index contributed by atoms with van der Waals surface area (Å²) in [5.74, 6) is 0.819. The standard InChI is InChI=1S/C7H13N.ClH/c1-2-3-7-4-5-8-6-7;/h2-3,7-8H,4-6H2,1H3;1H/b3-2+;. The van der Waals surface area contributed by atoms with Crippen molar-refractivity contribution in [3.63, 3.8) is 0 Å². The summed E-state index contributed by atoms with van der Waals surface area (Å²) >= 11 is 0. The molecular weight excluding hydrogens is 134 g/mol. The van der Waals surface area contributed by atoms with Crippen LogP contribution in [0.25, 0.3) is 0 Å². The molecule has 0 aromatic carbocycles. The fraction of sp³-hybridized carbons (Fsp3) is 0.714. The van der Waals surface area contributed by atoms with E-state index >= 15 is 0 Å². The maximum absolute atomic E-state index is 3.31. The normalized spacial score (nSPS) is 26.6. The van der Waals surface area contributed by atoms with Gasteiger partial charge in [-0.2, -0.15) is 0 Å². The van der Waals surface area contributed by atoms with Gasteiger partial charge in [0, 0.05) is 6.54 Å². The van der Waals surface area contributed by atoms with Crippen LogP contribution >= 0.6 is 12.4 Å². The van der Waals surface area contributed by atoms with Crippen molar-refractivity contribution >= 4 is 12.4 Å². The van der Waals surface area contributed by atoms with E-state index < -0.39 is 0 Å². The Labute approximate surface area is 62.9 Å². The maximum atomic E-state index is 3.31. The van der Waals surface area contributed by atoms with E-state index in [4.69, 9.17) is 0 Å². The lowest BCUT2D eigenvalue weighted by Gasteiger charge is -1.95. The minimum atomic E-state index is 0. The van der Waals surface area contributed by atoms with Crippen molar-refractivity contribution in [2.45, 2.75) is 13.3 Å². The molecule has 0 bridgehead atoms. The van der Waals surface area contributed by atoms with Gasteiger partial charge in [-0.15, -0.1) is 12.4 Å². The number of hydrogen-bond donors (Lipinski definition) is 1. The third-order valence-corrected chi connectivity index (χ3v) is 1.56. The predicted molar refractivity (Wildman–Crippen MR) is 43.0 cm³/mol. The highest BCUT2D eigenvalue weighted by Gasteiger charge is 2.08. The summed E-state index contributed by atoms with van der Waals surface area (Å²) in [6.45, 7) is 4.47. The minimum absolute atomic E-state index is 0. The highest BCUT2D eigenvalue weighted by Crippen LogP contribution is 2.07. The van der Waals surface area contributed by atoms with Crippen molar-refractivity contribution in [1.82, 2.24) is 5.32 Å². The summed E-state index contributed by atoms with van der Waals surface area (Å²) in [7, 11) is 0. The first-order chi connectivity index (χ1) is 3.93. The van der Waals surface area contributed by atoms with Gasteiger partial charge in [-0.25, -0.2) is 0 Å². The summed E-state index contributed by atoms with van der Waals surface area (Å²) in [4.78, 5) is 0. The summed E-state index contributed by atoms with van der Waals surface area (Å²) in [6, 6.07) is 0. The van der Waals surface area contributed by atoms with Gasteiger partial charge in [-0.05, 0) is 25.8 Å². The Balaban J connectivity index is 0.000000640. The van der Waals surface area contributed by atoms with Gasteiger partial charge in [0.15, 0.2) is 0 Å². The summed E-state index contributed by atoms with van der Waals surface area (Å²) < 4.78 is 0. The second-order valence-electron chi connectivity index (χ2n) is 2.28. The Kier molecular flexibility index (Phi) is 4.83. The zero-order valence-corrected chi connectivity index (χ0v) is 6.58. The lowest BCUT2D eigenvalue weighted by Crippen LogP contribution is -2.07. The van der Waals surface area contributed by atoms with Crippen molar-refractivity contribution in [2.75, 3.05) is 13.1 Å². The molecule has 0 radical (unpaired) electrons. The van der Waals surface area contributed by atoms with Crippen molar-refractivity contribution in [1.29, 1.82) is 0 Å². The first-order valence-corrected chi connectivity index (χ1v) is 3.27. The van der Waals surface area contributed by atoms with E-state index in [0.29, 0.717) is 0 Å². The summed E-state index contributed by atoms with van der Waals surface area (Å²) in [5, 5.41) is 3.31. The fourth-order valence-electron chi connectivity index (χ4n) is 1.11. The van der Waals surface area contributed by atoms with E-state index in [-0.39, 0.29) is 12.4 Å². The number of rotatable bonds is 1. The van der Waals surface area contributed by atoms with Crippen LogP contribution in [0.4, 0.5) is 0 Å². The highest BCUT2D eigenvalue weighted by molar-refractivity contribution is 5.85. The van der Waals surface area contributed by atoms with Crippen LogP contribution in [0.1, 0.15) is 13.3 Å². The van der Waals surface area contributed by atoms with Gasteiger partial charge in [0.2, 0.25) is 0 Å². The quantitative estimate of drug-likeness (QED) is 0.556. The molecule has 0 spiro atoms. The lowest BCUT2D eigenvalue weighted by molar-refractivity contribution is 0.727. The molecule has 1 nitrogen and oxygen atoms in total. The van der Waals surface area contributed by atoms with E-state index in [1.54, 1.807) is 0 Å². The lowest BCUT2D eigenvalue weighted by atomic mass is 10.1. The molecule has 1 rings (SSSR count). The third kappa shape index (κ3) is 2.87. The van der Waals surface area contributed by atoms with Gasteiger partial charge in [-0.3, -0.25) is 0 Å². The Hall–Kier alpha value is -0.0100. The predicted octanol–water partition coefficient (Wildman–Crippen LogP) is 1.59. The van der Waals surface area contributed by atoms with Gasteiger partial charge in [-0.1, -0.05) is 12.2 Å². The average Bonchev–Trinajstić information content (AvgIpc) is 2.19. The van der Waals surface area contributed by atoms with Crippen LogP contribution in [-0.4, -0.2) is 13.1 Å². The molecule has 0 aliphatic carbocycles. The van der Waals surface area contributed by atoms with Gasteiger partial charge in [0.25, 0.3) is 0 Å². The number of halogens is 1. The largest absolute Gasteiger partial charge is 0.316 e. The van der Waals surface area contributed by atoms with Gasteiger partial charge in [0.1, 0.15) is 0 Å². The molecule has 1 saturated heterocycles. The van der Waals surface area contributed by atoms with E-state index in [2.05, 4.69) is 24.4 Å². The topological polar surface area (TPSA) is 12.0 Å². The number of hydrogen-bond acceptors (Lipinski definition) is 1. The highest BCUT2D eigenvalue weighted by atomic mass is 35.5. The molecule has 0 aromatic rings. The molecule has 0 amide bonds. The second-order valence-corrected chi connectivity index (χ2v) is 2.28. The molecule has 1 aliphatic heterocycles. The second kappa shape index (κ2) is 4.83. The molecule has 54 valence electrons. The van der Waals surface area contributed by atoms with E-state index in [1.165, 1.54) is 19.5 Å². The Bertz CT molecular complexity index is 84.9. The minimum Gasteiger partial charge on any atom is -0.316 e. The molecule has 1 N–H and O–H groups in total. The van der Waals surface area contributed by atoms with Crippen LogP contribution in [0.5, 0.6) is 0 Å². The SMILES string of the molecule is C/C=C/C1CCNC1.Cl. The Morgan fingerprint density at radius 2 is 2.33 bits per heavy atom. The molecule has 1 fully saturated rings. The van der Waals surface area contributed by atoms with E-state index in [0.717, 1.165) is 5.92 Å². The fourth-order valence-corrected chi connectivity index (χ4v) is 1.11. The Morgan fingerprint density at radius 1 is 1.56 bits per heavy atom. The van der Waals surface area contributed by atoms with Crippen LogP contribution in [-0.2, 0) is 0 Å². The molecule has 1 aliphatic rings. The summed E-state index contributed by atoms with van der Waals surface area (Å²) in [6.07, 6.45) is 5.74. The molecule has 0 saturated carbocycles. The molecule has 0 aromatic heterocycles. The van der Waals surface area contributed by atoms with Crippen LogP contribution in [0, 0.1) is 5.92 Å². The van der Waals surface area contributed by atoms with Gasteiger partial charge in [0.05, 0.1) is 0 Å². The van der Waals surface area contributed by atoms with Gasteiger partial charge < -0.3 is 5.32 Å². The van der Waals surface area contributed by atoms with Crippen LogP contribution < -0.4 is 5.32 Å². The molecule has 1 heterocycles. The van der Waals surface area contributed by atoms with Crippen LogP contribution in [0.3, 0.4) is 0 Å². The van der Waals surface area contributed by atoms with Crippen LogP contribution in [0.2, 0.25) is 0 Å². The first kappa shape index (κ1) is 8.99. The number of allylic oxidation sites excluding steroid dienone is 1. The zero-order valence-electron chi connectivity index (χ0n) is 5.76. The molecular formula is C7H14ClN. The van der Waals surface area contributed by atoms with Gasteiger partial charge >= 0.3 is 0 Å². The number of nitrogens with one attached hydrogen (secondary N) is 1. The molecule has 1 unspecified atom stereocenters. The molecule has 2 heteroatoms. The molecule has 9 heavy (non-hydrogen) atoms. The van der Waals surface area contributed by atoms with Crippen molar-refractivity contribution in [3.05, 3.63) is 12.2 Å². The van der Waals surface area contributed by atoms with Crippen molar-refractivity contribution in [3.8, 4) is 0 Å². The average molecular weight is 148 g/mol. The van der Waals surface area contributed by atoms with E-state index in [9.17, 15) is 0 Å². The monoisotopic (exact) mass is 147 g/mol. The molecule has 1 atom stereocenters. The first-order valence-electron chi connectivity index (χ1n) is 3.27. The maximum Gasteiger partial charge on any atom is 0.00146 e. The smallest absolute Gasteiger partial charge is 0.00146 e. The Morgan fingerprint density at radius 3 is 2.78 bits per heavy atom. The third-order valence-electron chi connectivity index (χ3n) is 1.56. The van der Waals surface area contributed by atoms with E-state index in [1.807, 2.05) is 0 Å². The van der Waals surface area contributed by atoms with Crippen LogP contribution in [0.15, 0.2) is 12.2 Å².